The number of hydrogen-bond acceptors (Lipinski definition) is 5. The van der Waals surface area contributed by atoms with Crippen LogP contribution in [0.1, 0.15) is 24.3 Å². The number of hydrogen-bond donors (Lipinski definition) is 0. The van der Waals surface area contributed by atoms with Crippen LogP contribution in [0, 0.1) is 11.3 Å². The van der Waals surface area contributed by atoms with Crippen molar-refractivity contribution in [2.24, 2.45) is 0 Å². The topological polar surface area (TPSA) is 76.1 Å². The molecule has 5 heteroatoms. The van der Waals surface area contributed by atoms with Gasteiger partial charge in [-0.1, -0.05) is 30.3 Å². The van der Waals surface area contributed by atoms with Gasteiger partial charge in [-0.15, -0.1) is 0 Å². The summed E-state index contributed by atoms with van der Waals surface area (Å²) in [5.41, 5.74) is 2.02. The van der Waals surface area contributed by atoms with Gasteiger partial charge in [0.25, 0.3) is 0 Å². The Morgan fingerprint density at radius 3 is 2.72 bits per heavy atom. The average molecular weight is 332 g/mol. The number of aromatic nitrogens is 1. The molecule has 0 radical (unpaired) electrons. The lowest BCUT2D eigenvalue weighted by atomic mass is 10.0. The minimum Gasteiger partial charge on any atom is -0.494 e. The highest BCUT2D eigenvalue weighted by molar-refractivity contribution is 6.00. The van der Waals surface area contributed by atoms with E-state index in [1.807, 2.05) is 49.4 Å². The molecule has 1 atom stereocenters. The van der Waals surface area contributed by atoms with Crippen LogP contribution in [0.25, 0.3) is 17.2 Å². The van der Waals surface area contributed by atoms with Crippen LogP contribution < -0.4 is 4.74 Å². The molecule has 0 amide bonds. The van der Waals surface area contributed by atoms with E-state index in [9.17, 15) is 10.1 Å². The predicted molar refractivity (Wildman–Crippen MR) is 94.0 cm³/mol. The molecule has 1 heterocycles. The van der Waals surface area contributed by atoms with Crippen LogP contribution in [0.2, 0.25) is 0 Å². The fraction of sp³-hybridized carbons (Fsp3) is 0.150. The molecule has 0 saturated carbocycles. The maximum atomic E-state index is 12.4. The monoisotopic (exact) mass is 332 g/mol. The molecule has 1 unspecified atom stereocenters. The zero-order valence-electron chi connectivity index (χ0n) is 13.7. The second-order valence-electron chi connectivity index (χ2n) is 5.32. The first-order valence-corrected chi connectivity index (χ1v) is 7.91. The number of ketones is 1. The van der Waals surface area contributed by atoms with Crippen LogP contribution >= 0.6 is 0 Å². The molecule has 0 fully saturated rings. The summed E-state index contributed by atoms with van der Waals surface area (Å²) in [6.45, 7) is 2.52. The molecule has 0 saturated heterocycles. The van der Waals surface area contributed by atoms with Gasteiger partial charge in [-0.05, 0) is 42.8 Å². The Labute approximate surface area is 145 Å². The van der Waals surface area contributed by atoms with Gasteiger partial charge in [-0.3, -0.25) is 4.79 Å². The zero-order chi connectivity index (χ0) is 17.6. The standard InChI is InChI=1S/C20H16N2O3/c1-2-24-15-10-7-14(8-11-15)9-12-18(23)16(13-21)20-22-17-5-3-4-6-19(17)25-20/h3-12,16H,2H2,1H3. The van der Waals surface area contributed by atoms with Crippen molar-refractivity contribution in [2.45, 2.75) is 12.8 Å². The van der Waals surface area contributed by atoms with Crippen LogP contribution in [0.4, 0.5) is 0 Å². The molecule has 5 nitrogen and oxygen atoms in total. The number of oxazole rings is 1. The van der Waals surface area contributed by atoms with Gasteiger partial charge in [-0.25, -0.2) is 4.98 Å². The van der Waals surface area contributed by atoms with Gasteiger partial charge in [0.05, 0.1) is 12.7 Å². The Hall–Kier alpha value is -3.39. The summed E-state index contributed by atoms with van der Waals surface area (Å²) in [5, 5.41) is 9.35. The lowest BCUT2D eigenvalue weighted by Gasteiger charge is -2.02. The largest absolute Gasteiger partial charge is 0.494 e. The van der Waals surface area contributed by atoms with Crippen LogP contribution in [0.3, 0.4) is 0 Å². The van der Waals surface area contributed by atoms with E-state index in [2.05, 4.69) is 4.98 Å². The van der Waals surface area contributed by atoms with Gasteiger partial charge in [0.15, 0.2) is 17.3 Å². The third-order valence-corrected chi connectivity index (χ3v) is 3.60. The van der Waals surface area contributed by atoms with Gasteiger partial charge in [0.1, 0.15) is 11.3 Å². The lowest BCUT2D eigenvalue weighted by Crippen LogP contribution is -2.08. The van der Waals surface area contributed by atoms with E-state index in [-0.39, 0.29) is 11.7 Å². The third kappa shape index (κ3) is 3.75. The fourth-order valence-electron chi connectivity index (χ4n) is 2.37. The second-order valence-corrected chi connectivity index (χ2v) is 5.32. The van der Waals surface area contributed by atoms with Crippen molar-refractivity contribution in [3.63, 3.8) is 0 Å². The van der Waals surface area contributed by atoms with Crippen molar-refractivity contribution >= 4 is 23.0 Å². The molecule has 124 valence electrons. The highest BCUT2D eigenvalue weighted by atomic mass is 16.5. The van der Waals surface area contributed by atoms with E-state index >= 15 is 0 Å². The number of rotatable bonds is 6. The number of nitriles is 1. The quantitative estimate of drug-likeness (QED) is 0.635. The average Bonchev–Trinajstić information content (AvgIpc) is 3.05. The molecule has 0 N–H and O–H groups in total. The summed E-state index contributed by atoms with van der Waals surface area (Å²) in [7, 11) is 0. The number of fused-ring (bicyclic) bond motifs is 1. The summed E-state index contributed by atoms with van der Waals surface area (Å²) in [6.07, 6.45) is 3.03. The van der Waals surface area contributed by atoms with E-state index < -0.39 is 5.92 Å². The summed E-state index contributed by atoms with van der Waals surface area (Å²) < 4.78 is 10.9. The molecule has 0 aliphatic carbocycles. The van der Waals surface area contributed by atoms with Crippen molar-refractivity contribution in [1.82, 2.24) is 4.98 Å². The zero-order valence-corrected chi connectivity index (χ0v) is 13.7. The minimum atomic E-state index is -1.06. The molecule has 3 rings (SSSR count). The summed E-state index contributed by atoms with van der Waals surface area (Å²) in [6, 6.07) is 16.5. The molecule has 25 heavy (non-hydrogen) atoms. The van der Waals surface area contributed by atoms with E-state index in [0.29, 0.717) is 17.7 Å². The molecule has 0 aliphatic rings. The SMILES string of the molecule is CCOc1ccc(C=CC(=O)C(C#N)c2nc3ccccc3o2)cc1. The smallest absolute Gasteiger partial charge is 0.220 e. The van der Waals surface area contributed by atoms with Crippen LogP contribution in [0.5, 0.6) is 5.75 Å². The Morgan fingerprint density at radius 2 is 2.04 bits per heavy atom. The Morgan fingerprint density at radius 1 is 1.28 bits per heavy atom. The predicted octanol–water partition coefficient (Wildman–Crippen LogP) is 4.12. The molecule has 0 spiro atoms. The first-order valence-electron chi connectivity index (χ1n) is 7.91. The van der Waals surface area contributed by atoms with Crippen molar-refractivity contribution in [2.75, 3.05) is 6.61 Å². The first-order chi connectivity index (χ1) is 12.2. The Kier molecular flexibility index (Phi) is 4.91. The summed E-state index contributed by atoms with van der Waals surface area (Å²) in [5.74, 6) is -0.549. The third-order valence-electron chi connectivity index (χ3n) is 3.60. The van der Waals surface area contributed by atoms with Gasteiger partial charge >= 0.3 is 0 Å². The number of carbonyl (C=O) groups is 1. The molecule has 2 aromatic carbocycles. The molecule has 0 aliphatic heterocycles. The van der Waals surface area contributed by atoms with Crippen LogP contribution in [-0.2, 0) is 4.79 Å². The van der Waals surface area contributed by atoms with Crippen molar-refractivity contribution in [1.29, 1.82) is 5.26 Å². The van der Waals surface area contributed by atoms with Gasteiger partial charge in [0, 0.05) is 0 Å². The molecule has 1 aromatic heterocycles. The maximum absolute atomic E-state index is 12.4. The van der Waals surface area contributed by atoms with E-state index in [4.69, 9.17) is 9.15 Å². The summed E-state index contributed by atoms with van der Waals surface area (Å²) >= 11 is 0. The highest BCUT2D eigenvalue weighted by Crippen LogP contribution is 2.22. The molecule has 0 bridgehead atoms. The van der Waals surface area contributed by atoms with Crippen molar-refractivity contribution in [3.8, 4) is 11.8 Å². The van der Waals surface area contributed by atoms with Gasteiger partial charge < -0.3 is 9.15 Å². The van der Waals surface area contributed by atoms with Crippen LogP contribution in [-0.4, -0.2) is 17.4 Å². The normalized spacial score (nSPS) is 12.2. The van der Waals surface area contributed by atoms with Crippen LogP contribution in [0.15, 0.2) is 59.0 Å². The summed E-state index contributed by atoms with van der Waals surface area (Å²) in [4.78, 5) is 16.6. The van der Waals surface area contributed by atoms with E-state index in [0.717, 1.165) is 11.3 Å². The van der Waals surface area contributed by atoms with Gasteiger partial charge in [-0.2, -0.15) is 5.26 Å². The van der Waals surface area contributed by atoms with E-state index in [1.165, 1.54) is 6.08 Å². The molecular formula is C20H16N2O3. The Balaban J connectivity index is 1.77. The minimum absolute atomic E-state index is 0.116. The second kappa shape index (κ2) is 7.45. The number of carbonyl (C=O) groups excluding carboxylic acids is 1. The van der Waals surface area contributed by atoms with Crippen molar-refractivity contribution < 1.29 is 13.9 Å². The number of para-hydroxylation sites is 2. The van der Waals surface area contributed by atoms with Crippen molar-refractivity contribution in [3.05, 3.63) is 66.1 Å². The molecular weight excluding hydrogens is 316 g/mol. The maximum Gasteiger partial charge on any atom is 0.220 e. The number of nitrogens with zero attached hydrogens (tertiary/aromatic N) is 2. The lowest BCUT2D eigenvalue weighted by molar-refractivity contribution is -0.115. The number of allylic oxidation sites excluding steroid dienone is 1. The number of ether oxygens (including phenoxy) is 1. The molecule has 3 aromatic rings. The number of benzene rings is 2. The first kappa shape index (κ1) is 16.5. The van der Waals surface area contributed by atoms with Gasteiger partial charge in [0.2, 0.25) is 5.89 Å². The fourth-order valence-corrected chi connectivity index (χ4v) is 2.37. The highest BCUT2D eigenvalue weighted by Gasteiger charge is 2.23. The Bertz CT molecular complexity index is 916. The van der Waals surface area contributed by atoms with E-state index in [1.54, 1.807) is 18.2 Å².